The molecule has 5 nitrogen and oxygen atoms in total. The standard InChI is InChI=1S/C13H19N5S/c1-8(6-11-5-4-9(2)19-11)15-12-7-13(18-14)17-10(3)16-12/h4-5,7-8H,6,14H2,1-3H3,(H2,15,16,17,18). The Bertz CT molecular complexity index is 552. The SMILES string of the molecule is Cc1nc(NN)cc(NC(C)Cc2ccc(C)s2)n1. The Labute approximate surface area is 117 Å². The van der Waals surface area contributed by atoms with Crippen LogP contribution in [-0.4, -0.2) is 16.0 Å². The van der Waals surface area contributed by atoms with Crippen molar-refractivity contribution < 1.29 is 0 Å². The summed E-state index contributed by atoms with van der Waals surface area (Å²) < 4.78 is 0. The number of nitrogens with zero attached hydrogens (tertiary/aromatic N) is 2. The van der Waals surface area contributed by atoms with Crippen molar-refractivity contribution in [2.75, 3.05) is 10.7 Å². The summed E-state index contributed by atoms with van der Waals surface area (Å²) in [5.74, 6) is 7.48. The van der Waals surface area contributed by atoms with E-state index in [-0.39, 0.29) is 0 Å². The lowest BCUT2D eigenvalue weighted by molar-refractivity contribution is 0.791. The molecule has 0 aromatic carbocycles. The molecule has 0 radical (unpaired) electrons. The first-order chi connectivity index (χ1) is 9.06. The highest BCUT2D eigenvalue weighted by atomic mass is 32.1. The highest BCUT2D eigenvalue weighted by molar-refractivity contribution is 7.11. The van der Waals surface area contributed by atoms with E-state index < -0.39 is 0 Å². The van der Waals surface area contributed by atoms with E-state index in [9.17, 15) is 0 Å². The van der Waals surface area contributed by atoms with E-state index >= 15 is 0 Å². The highest BCUT2D eigenvalue weighted by Gasteiger charge is 2.07. The molecule has 0 amide bonds. The van der Waals surface area contributed by atoms with E-state index in [0.717, 1.165) is 12.2 Å². The van der Waals surface area contributed by atoms with Crippen LogP contribution in [0.3, 0.4) is 0 Å². The number of aryl methyl sites for hydroxylation is 2. The average molecular weight is 277 g/mol. The van der Waals surface area contributed by atoms with Crippen molar-refractivity contribution in [3.63, 3.8) is 0 Å². The van der Waals surface area contributed by atoms with Crippen molar-refractivity contribution in [2.45, 2.75) is 33.2 Å². The van der Waals surface area contributed by atoms with Gasteiger partial charge < -0.3 is 10.7 Å². The highest BCUT2D eigenvalue weighted by Crippen LogP contribution is 2.18. The van der Waals surface area contributed by atoms with Crippen molar-refractivity contribution in [2.24, 2.45) is 5.84 Å². The summed E-state index contributed by atoms with van der Waals surface area (Å²) in [5.41, 5.74) is 2.55. The van der Waals surface area contributed by atoms with Gasteiger partial charge in [0.25, 0.3) is 0 Å². The zero-order chi connectivity index (χ0) is 13.8. The van der Waals surface area contributed by atoms with Crippen molar-refractivity contribution in [3.05, 3.63) is 33.8 Å². The van der Waals surface area contributed by atoms with Gasteiger partial charge in [-0.2, -0.15) is 0 Å². The Morgan fingerprint density at radius 2 is 2.00 bits per heavy atom. The number of aromatic nitrogens is 2. The third-order valence-corrected chi connectivity index (χ3v) is 3.71. The van der Waals surface area contributed by atoms with E-state index in [2.05, 4.69) is 46.7 Å². The summed E-state index contributed by atoms with van der Waals surface area (Å²) in [6.07, 6.45) is 0.979. The van der Waals surface area contributed by atoms with Gasteiger partial charge in [0.2, 0.25) is 0 Å². The lowest BCUT2D eigenvalue weighted by Gasteiger charge is -2.14. The minimum absolute atomic E-state index is 0.304. The van der Waals surface area contributed by atoms with Crippen LogP contribution in [0.4, 0.5) is 11.6 Å². The van der Waals surface area contributed by atoms with Gasteiger partial charge in [-0.05, 0) is 32.9 Å². The van der Waals surface area contributed by atoms with Crippen LogP contribution in [0.25, 0.3) is 0 Å². The lowest BCUT2D eigenvalue weighted by atomic mass is 10.2. The van der Waals surface area contributed by atoms with Gasteiger partial charge in [0.05, 0.1) is 0 Å². The number of rotatable bonds is 5. The van der Waals surface area contributed by atoms with E-state index in [1.54, 1.807) is 0 Å². The quantitative estimate of drug-likeness (QED) is 0.578. The molecule has 0 bridgehead atoms. The molecule has 4 N–H and O–H groups in total. The minimum Gasteiger partial charge on any atom is -0.367 e. The second-order valence-electron chi connectivity index (χ2n) is 4.59. The fraction of sp³-hybridized carbons (Fsp3) is 0.385. The molecule has 2 heterocycles. The van der Waals surface area contributed by atoms with Crippen molar-refractivity contribution in [1.82, 2.24) is 9.97 Å². The maximum Gasteiger partial charge on any atom is 0.145 e. The molecule has 0 aliphatic heterocycles. The number of anilines is 2. The normalized spacial score (nSPS) is 12.2. The number of thiophene rings is 1. The van der Waals surface area contributed by atoms with Gasteiger partial charge in [-0.1, -0.05) is 0 Å². The van der Waals surface area contributed by atoms with Gasteiger partial charge >= 0.3 is 0 Å². The third-order valence-electron chi connectivity index (χ3n) is 2.68. The van der Waals surface area contributed by atoms with Gasteiger partial charge in [0, 0.05) is 28.3 Å². The fourth-order valence-corrected chi connectivity index (χ4v) is 2.93. The summed E-state index contributed by atoms with van der Waals surface area (Å²) in [7, 11) is 0. The number of hydrogen-bond donors (Lipinski definition) is 3. The Morgan fingerprint density at radius 3 is 2.63 bits per heavy atom. The third kappa shape index (κ3) is 3.90. The van der Waals surface area contributed by atoms with E-state index in [4.69, 9.17) is 5.84 Å². The molecule has 102 valence electrons. The van der Waals surface area contributed by atoms with Crippen LogP contribution in [0.1, 0.15) is 22.5 Å². The molecule has 0 fully saturated rings. The van der Waals surface area contributed by atoms with Crippen LogP contribution in [-0.2, 0) is 6.42 Å². The molecule has 0 saturated heterocycles. The van der Waals surface area contributed by atoms with Crippen LogP contribution in [0.2, 0.25) is 0 Å². The molecule has 6 heteroatoms. The zero-order valence-corrected chi connectivity index (χ0v) is 12.2. The first kappa shape index (κ1) is 13.8. The topological polar surface area (TPSA) is 75.9 Å². The van der Waals surface area contributed by atoms with Gasteiger partial charge in [-0.3, -0.25) is 0 Å². The summed E-state index contributed by atoms with van der Waals surface area (Å²) in [6, 6.07) is 6.44. The maximum atomic E-state index is 5.38. The molecule has 19 heavy (non-hydrogen) atoms. The van der Waals surface area contributed by atoms with Crippen molar-refractivity contribution in [1.29, 1.82) is 0 Å². The number of nitrogen functional groups attached to an aromatic ring is 1. The minimum atomic E-state index is 0.304. The summed E-state index contributed by atoms with van der Waals surface area (Å²) >= 11 is 1.83. The first-order valence-corrected chi connectivity index (χ1v) is 7.02. The number of nitrogens with two attached hydrogens (primary N) is 1. The number of hydrogen-bond acceptors (Lipinski definition) is 6. The Morgan fingerprint density at radius 1 is 1.26 bits per heavy atom. The van der Waals surface area contributed by atoms with Crippen LogP contribution < -0.4 is 16.6 Å². The molecule has 1 unspecified atom stereocenters. The molecular weight excluding hydrogens is 258 g/mol. The predicted molar refractivity (Wildman–Crippen MR) is 80.4 cm³/mol. The second kappa shape index (κ2) is 5.99. The predicted octanol–water partition coefficient (Wildman–Crippen LogP) is 2.48. The van der Waals surface area contributed by atoms with E-state index in [1.165, 1.54) is 9.75 Å². The fourth-order valence-electron chi connectivity index (χ4n) is 1.92. The average Bonchev–Trinajstić information content (AvgIpc) is 2.73. The zero-order valence-electron chi connectivity index (χ0n) is 11.4. The molecule has 1 atom stereocenters. The molecule has 0 aliphatic rings. The molecule has 0 spiro atoms. The first-order valence-electron chi connectivity index (χ1n) is 6.21. The molecule has 2 aromatic heterocycles. The van der Waals surface area contributed by atoms with Crippen LogP contribution in [0, 0.1) is 13.8 Å². The van der Waals surface area contributed by atoms with Gasteiger partial charge in [0.15, 0.2) is 0 Å². The summed E-state index contributed by atoms with van der Waals surface area (Å²) in [5, 5.41) is 3.38. The Kier molecular flexibility index (Phi) is 4.34. The van der Waals surface area contributed by atoms with Crippen LogP contribution in [0.15, 0.2) is 18.2 Å². The van der Waals surface area contributed by atoms with Crippen LogP contribution in [0.5, 0.6) is 0 Å². The molecular formula is C13H19N5S. The lowest BCUT2D eigenvalue weighted by Crippen LogP contribution is -2.19. The molecule has 0 aliphatic carbocycles. The van der Waals surface area contributed by atoms with Crippen molar-refractivity contribution >= 4 is 23.0 Å². The number of nitrogens with one attached hydrogen (secondary N) is 2. The maximum absolute atomic E-state index is 5.38. The van der Waals surface area contributed by atoms with Gasteiger partial charge in [-0.25, -0.2) is 15.8 Å². The Balaban J connectivity index is 2.02. The summed E-state index contributed by atoms with van der Waals surface area (Å²) in [6.45, 7) is 6.11. The van der Waals surface area contributed by atoms with Gasteiger partial charge in [-0.15, -0.1) is 11.3 Å². The monoisotopic (exact) mass is 277 g/mol. The van der Waals surface area contributed by atoms with Gasteiger partial charge in [0.1, 0.15) is 17.5 Å². The Hall–Kier alpha value is -1.66. The van der Waals surface area contributed by atoms with E-state index in [1.807, 2.05) is 24.3 Å². The summed E-state index contributed by atoms with van der Waals surface area (Å²) in [4.78, 5) is 11.2. The molecule has 2 rings (SSSR count). The second-order valence-corrected chi connectivity index (χ2v) is 5.96. The van der Waals surface area contributed by atoms with E-state index in [0.29, 0.717) is 17.7 Å². The smallest absolute Gasteiger partial charge is 0.145 e. The van der Waals surface area contributed by atoms with Crippen molar-refractivity contribution in [3.8, 4) is 0 Å². The molecule has 2 aromatic rings. The van der Waals surface area contributed by atoms with Crippen LogP contribution >= 0.6 is 11.3 Å². The number of hydrazine groups is 1. The largest absolute Gasteiger partial charge is 0.367 e. The molecule has 0 saturated carbocycles.